The number of carbonyl (C=O) groups is 12. The number of aliphatic hydroxyl groups is 1. The van der Waals surface area contributed by atoms with Crippen molar-refractivity contribution in [1.29, 1.82) is 0 Å². The van der Waals surface area contributed by atoms with Crippen LogP contribution in [-0.2, 0) is 70.5 Å². The monoisotopic (exact) mass is 912 g/mol. The second kappa shape index (κ2) is 23.2. The first-order valence-corrected chi connectivity index (χ1v) is 19.5. The molecule has 29 heteroatoms. The minimum atomic E-state index is -2.01. The van der Waals surface area contributed by atoms with Crippen LogP contribution in [0, 0.1) is 0 Å². The molecule has 2 aliphatic heterocycles. The van der Waals surface area contributed by atoms with Crippen LogP contribution in [0.5, 0.6) is 0 Å². The lowest BCUT2D eigenvalue weighted by molar-refractivity contribution is -0.146. The molecule has 0 saturated carbocycles. The summed E-state index contributed by atoms with van der Waals surface area (Å²) in [6.07, 6.45) is -7.48. The molecule has 0 radical (unpaired) electrons. The number of carbonyl (C=O) groups excluding carboxylic acids is 9. The first-order chi connectivity index (χ1) is 29.9. The van der Waals surface area contributed by atoms with Gasteiger partial charge in [0.15, 0.2) is 0 Å². The highest BCUT2D eigenvalue weighted by Crippen LogP contribution is 2.23. The lowest BCUT2D eigenvalue weighted by Crippen LogP contribution is -2.60. The Morgan fingerprint density at radius 1 is 0.828 bits per heavy atom. The molecule has 0 aromatic carbocycles. The number of aliphatic hydroxyl groups excluding tert-OH is 1. The van der Waals surface area contributed by atoms with Crippen molar-refractivity contribution < 1.29 is 82.4 Å². The number of halogens is 1. The highest BCUT2D eigenvalue weighted by Gasteiger charge is 2.44. The van der Waals surface area contributed by atoms with Gasteiger partial charge in [-0.05, 0) is 19.8 Å². The number of hydrogen-bond donors (Lipinski definition) is 12. The molecular formula is C35H49FN12O16. The van der Waals surface area contributed by atoms with Gasteiger partial charge in [0.25, 0.3) is 0 Å². The Labute approximate surface area is 360 Å². The summed E-state index contributed by atoms with van der Waals surface area (Å²) in [6, 6.07) is -12.4. The number of hydrogen-bond acceptors (Lipinski definition) is 15. The fourth-order valence-electron chi connectivity index (χ4n) is 6.50. The summed E-state index contributed by atoms with van der Waals surface area (Å²) < 4.78 is 16.0. The summed E-state index contributed by atoms with van der Waals surface area (Å²) in [5.74, 6) is -14.9. The van der Waals surface area contributed by atoms with E-state index in [9.17, 15) is 82.4 Å². The fourth-order valence-corrected chi connectivity index (χ4v) is 6.50. The quantitative estimate of drug-likeness (QED) is 0.0981. The maximum atomic E-state index is 15.0. The van der Waals surface area contributed by atoms with Crippen molar-refractivity contribution in [3.63, 3.8) is 0 Å². The summed E-state index contributed by atoms with van der Waals surface area (Å²) in [5, 5.41) is 61.6. The van der Waals surface area contributed by atoms with E-state index in [0.29, 0.717) is 4.90 Å². The zero-order chi connectivity index (χ0) is 48.0. The predicted octanol–water partition coefficient (Wildman–Crippen LogP) is -7.11. The first-order valence-electron chi connectivity index (χ1n) is 19.5. The molecule has 1 saturated heterocycles. The molecule has 2 aliphatic rings. The van der Waals surface area contributed by atoms with Gasteiger partial charge >= 0.3 is 17.9 Å². The van der Waals surface area contributed by atoms with E-state index in [2.05, 4.69) is 47.5 Å². The van der Waals surface area contributed by atoms with Gasteiger partial charge < -0.3 is 68.3 Å². The molecule has 3 heterocycles. The van der Waals surface area contributed by atoms with E-state index >= 15 is 0 Å². The van der Waals surface area contributed by atoms with E-state index in [0.717, 1.165) is 24.7 Å². The van der Waals surface area contributed by atoms with Crippen LogP contribution in [0.25, 0.3) is 0 Å². The van der Waals surface area contributed by atoms with Crippen molar-refractivity contribution in [3.05, 3.63) is 11.9 Å². The average molecular weight is 913 g/mol. The summed E-state index contributed by atoms with van der Waals surface area (Å²) in [7, 11) is 0. The standard InChI is InChI=1S/C35H49FN12O16/c1-14(49)28-34(63)38-10-24(51)40-18(3-5-25(52)53)30(59)42-20(29(37)58)8-17-12-47(46-45-17)13-22(39-15(2)50)32(61)43-21(9-27(56)57)35(64)48-11-16(36)7-23(48)33(62)41-19(31(60)44-28)4-6-26(54)55/h12,14,16,18-23,28,49H,3-11,13H2,1-2H3,(H2,37,58)(H,38,63)(H,39,50)(H,40,51)(H,41,62)(H,42,59)(H,43,61)(H,44,60)(H,52,53)(H,54,55)(H,56,57)/t14-,16+,18+,19+,20+,21+,22+,23+,28+/m1/s1. The third-order valence-corrected chi connectivity index (χ3v) is 9.62. The maximum Gasteiger partial charge on any atom is 0.305 e. The first kappa shape index (κ1) is 51.0. The highest BCUT2D eigenvalue weighted by molar-refractivity contribution is 5.98. The molecule has 1 aromatic heterocycles. The number of nitrogens with zero attached hydrogens (tertiary/aromatic N) is 4. The van der Waals surface area contributed by atoms with Crippen molar-refractivity contribution in [2.45, 2.75) is 120 Å². The van der Waals surface area contributed by atoms with Crippen LogP contribution in [0.15, 0.2) is 6.20 Å². The number of aliphatic carboxylic acids is 3. The Morgan fingerprint density at radius 2 is 1.42 bits per heavy atom. The lowest BCUT2D eigenvalue weighted by Gasteiger charge is -2.30. The summed E-state index contributed by atoms with van der Waals surface area (Å²) >= 11 is 0. The van der Waals surface area contributed by atoms with Gasteiger partial charge in [-0.25, -0.2) is 9.07 Å². The van der Waals surface area contributed by atoms with Crippen LogP contribution >= 0.6 is 0 Å². The molecule has 0 spiro atoms. The Hall–Kier alpha value is -7.33. The number of nitrogens with two attached hydrogens (primary N) is 1. The predicted molar refractivity (Wildman–Crippen MR) is 206 cm³/mol. The molecule has 0 unspecified atom stereocenters. The molecule has 28 nitrogen and oxygen atoms in total. The summed E-state index contributed by atoms with van der Waals surface area (Å²) in [4.78, 5) is 154. The maximum absolute atomic E-state index is 15.0. The van der Waals surface area contributed by atoms with Gasteiger partial charge in [0.05, 0.1) is 37.9 Å². The third kappa shape index (κ3) is 15.5. The van der Waals surface area contributed by atoms with Crippen molar-refractivity contribution in [2.24, 2.45) is 5.73 Å². The second-order valence-electron chi connectivity index (χ2n) is 14.8. The Kier molecular flexibility index (Phi) is 18.5. The molecule has 1 aromatic rings. The van der Waals surface area contributed by atoms with E-state index in [4.69, 9.17) is 5.73 Å². The van der Waals surface area contributed by atoms with Gasteiger partial charge in [0, 0.05) is 38.8 Å². The van der Waals surface area contributed by atoms with E-state index < -0.39 is 190 Å². The van der Waals surface area contributed by atoms with Crippen LogP contribution in [0.3, 0.4) is 0 Å². The zero-order valence-electron chi connectivity index (χ0n) is 34.3. The number of carboxylic acid groups (broad SMARTS) is 3. The van der Waals surface area contributed by atoms with E-state index in [-0.39, 0.29) is 5.69 Å². The molecule has 1 fully saturated rings. The van der Waals surface area contributed by atoms with E-state index in [1.807, 2.05) is 0 Å². The Balaban J connectivity index is 2.09. The number of aromatic nitrogens is 3. The number of carboxylic acids is 3. The molecule has 3 rings (SSSR count). The van der Waals surface area contributed by atoms with Crippen molar-refractivity contribution in [3.8, 4) is 0 Å². The molecule has 352 valence electrons. The molecule has 9 amide bonds. The normalized spacial score (nSPS) is 26.3. The number of fused-ring (bicyclic) bond motifs is 3. The fraction of sp³-hybridized carbons (Fsp3) is 0.600. The molecule has 2 bridgehead atoms. The van der Waals surface area contributed by atoms with Gasteiger partial charge in [0.2, 0.25) is 53.2 Å². The summed E-state index contributed by atoms with van der Waals surface area (Å²) in [6.45, 7) is -0.270. The largest absolute Gasteiger partial charge is 0.481 e. The molecule has 0 aliphatic carbocycles. The zero-order valence-corrected chi connectivity index (χ0v) is 34.3. The van der Waals surface area contributed by atoms with E-state index in [1.54, 1.807) is 0 Å². The van der Waals surface area contributed by atoms with E-state index in [1.165, 1.54) is 0 Å². The Bertz CT molecular complexity index is 2000. The minimum Gasteiger partial charge on any atom is -0.481 e. The van der Waals surface area contributed by atoms with Crippen LogP contribution < -0.4 is 43.0 Å². The van der Waals surface area contributed by atoms with Gasteiger partial charge in [0.1, 0.15) is 48.5 Å². The SMILES string of the molecule is CC(=O)N[C@H]1Cn2cc(nn2)C[C@@H](C(N)=O)NC(=O)[C@H](CCC(=O)O)NC(=O)CNC(=O)[C@H]([C@@H](C)O)NC(=O)[C@H](CCC(=O)O)NC(=O)[C@@H]2C[C@H](F)CN2C(=O)[C@H](CC(=O)O)NC1=O. The minimum absolute atomic E-state index is 0.0553. The topological polar surface area (TPSA) is 430 Å². The third-order valence-electron chi connectivity index (χ3n) is 9.62. The molecular weight excluding hydrogens is 863 g/mol. The molecule has 13 N–H and O–H groups in total. The smallest absolute Gasteiger partial charge is 0.305 e. The van der Waals surface area contributed by atoms with Crippen LogP contribution in [0.2, 0.25) is 0 Å². The molecule has 64 heavy (non-hydrogen) atoms. The van der Waals surface area contributed by atoms with Crippen molar-refractivity contribution in [2.75, 3.05) is 13.1 Å². The average Bonchev–Trinajstić information content (AvgIpc) is 3.82. The lowest BCUT2D eigenvalue weighted by atomic mass is 10.1. The number of nitrogens with one attached hydrogen (secondary N) is 7. The van der Waals surface area contributed by atoms with Gasteiger partial charge in [-0.1, -0.05) is 5.21 Å². The molecule has 9 atom stereocenters. The van der Waals surface area contributed by atoms with Gasteiger partial charge in [-0.3, -0.25) is 57.5 Å². The van der Waals surface area contributed by atoms with Crippen LogP contribution in [0.1, 0.15) is 58.1 Å². The highest BCUT2D eigenvalue weighted by atomic mass is 19.1. The van der Waals surface area contributed by atoms with Crippen LogP contribution in [-0.4, -0.2) is 179 Å². The number of amides is 9. The van der Waals surface area contributed by atoms with Gasteiger partial charge in [-0.2, -0.15) is 0 Å². The summed E-state index contributed by atoms with van der Waals surface area (Å²) in [5.41, 5.74) is 5.45. The van der Waals surface area contributed by atoms with Crippen molar-refractivity contribution >= 4 is 71.1 Å². The Morgan fingerprint density at radius 3 is 1.98 bits per heavy atom. The number of alkyl halides is 1. The number of primary amides is 1. The van der Waals surface area contributed by atoms with Gasteiger partial charge in [-0.15, -0.1) is 5.10 Å². The van der Waals surface area contributed by atoms with Crippen molar-refractivity contribution in [1.82, 2.24) is 57.1 Å². The van der Waals surface area contributed by atoms with Crippen LogP contribution in [0.4, 0.5) is 4.39 Å². The number of rotatable bonds is 11. The second-order valence-corrected chi connectivity index (χ2v) is 14.8.